The molecule has 0 bridgehead atoms. The average Bonchev–Trinajstić information content (AvgIpc) is 2.21. The molecule has 1 aliphatic carbocycles. The van der Waals surface area contributed by atoms with Gasteiger partial charge in [0.25, 0.3) is 0 Å². The number of oxime groups is 1. The molecule has 1 amide bonds. The van der Waals surface area contributed by atoms with Crippen LogP contribution in [0.2, 0.25) is 0 Å². The molecular formula is C11H21N3O2. The van der Waals surface area contributed by atoms with E-state index in [0.29, 0.717) is 13.1 Å². The first-order chi connectivity index (χ1) is 7.60. The molecule has 0 radical (unpaired) electrons. The number of nitrogens with two attached hydrogens (primary N) is 1. The molecule has 0 heterocycles. The maximum Gasteiger partial charge on any atom is 0.225 e. The predicted octanol–water partition coefficient (Wildman–Crippen LogP) is 1.02. The van der Waals surface area contributed by atoms with Gasteiger partial charge in [0.15, 0.2) is 0 Å². The van der Waals surface area contributed by atoms with E-state index in [2.05, 4.69) is 5.16 Å². The molecule has 5 nitrogen and oxygen atoms in total. The van der Waals surface area contributed by atoms with Crippen LogP contribution in [0.4, 0.5) is 0 Å². The van der Waals surface area contributed by atoms with Crippen LogP contribution in [0.25, 0.3) is 0 Å². The molecule has 1 rings (SSSR count). The molecule has 1 atom stereocenters. The molecule has 1 unspecified atom stereocenters. The van der Waals surface area contributed by atoms with Crippen molar-refractivity contribution in [3.8, 4) is 0 Å². The van der Waals surface area contributed by atoms with Crippen molar-refractivity contribution in [2.45, 2.75) is 33.1 Å². The summed E-state index contributed by atoms with van der Waals surface area (Å²) in [6.07, 6.45) is 3.17. The molecule has 92 valence electrons. The van der Waals surface area contributed by atoms with Crippen molar-refractivity contribution in [1.82, 2.24) is 4.90 Å². The van der Waals surface area contributed by atoms with Crippen molar-refractivity contribution in [2.24, 2.45) is 22.7 Å². The monoisotopic (exact) mass is 227 g/mol. The van der Waals surface area contributed by atoms with E-state index >= 15 is 0 Å². The van der Waals surface area contributed by atoms with Gasteiger partial charge in [-0.05, 0) is 19.8 Å². The van der Waals surface area contributed by atoms with E-state index in [1.54, 1.807) is 4.90 Å². The van der Waals surface area contributed by atoms with Gasteiger partial charge >= 0.3 is 0 Å². The number of amides is 1. The molecule has 0 aromatic heterocycles. The van der Waals surface area contributed by atoms with Gasteiger partial charge in [0.05, 0.1) is 0 Å². The molecule has 0 saturated heterocycles. The zero-order valence-electron chi connectivity index (χ0n) is 10.0. The fraction of sp³-hybridized carbons (Fsp3) is 0.818. The largest absolute Gasteiger partial charge is 0.409 e. The summed E-state index contributed by atoms with van der Waals surface area (Å²) in [7, 11) is 0. The minimum atomic E-state index is -0.103. The second-order valence-corrected chi connectivity index (χ2v) is 4.43. The minimum absolute atomic E-state index is 0.103. The van der Waals surface area contributed by atoms with Crippen LogP contribution in [0.15, 0.2) is 5.16 Å². The Morgan fingerprint density at radius 1 is 1.62 bits per heavy atom. The number of nitrogens with zero attached hydrogens (tertiary/aromatic N) is 2. The lowest BCUT2D eigenvalue weighted by molar-refractivity contribution is -0.138. The van der Waals surface area contributed by atoms with Crippen LogP contribution < -0.4 is 5.73 Å². The molecule has 3 N–H and O–H groups in total. The summed E-state index contributed by atoms with van der Waals surface area (Å²) in [5.41, 5.74) is 5.50. The van der Waals surface area contributed by atoms with E-state index < -0.39 is 0 Å². The average molecular weight is 227 g/mol. The highest BCUT2D eigenvalue weighted by molar-refractivity contribution is 5.84. The van der Waals surface area contributed by atoms with Gasteiger partial charge in [-0.25, -0.2) is 0 Å². The highest BCUT2D eigenvalue weighted by Gasteiger charge is 2.29. The van der Waals surface area contributed by atoms with Crippen LogP contribution in [-0.4, -0.2) is 34.9 Å². The topological polar surface area (TPSA) is 78.9 Å². The molecule has 0 aliphatic heterocycles. The lowest BCUT2D eigenvalue weighted by Gasteiger charge is -2.32. The fourth-order valence-electron chi connectivity index (χ4n) is 1.81. The molecule has 0 aromatic carbocycles. The number of hydrogen-bond donors (Lipinski definition) is 2. The van der Waals surface area contributed by atoms with E-state index in [1.807, 2.05) is 13.8 Å². The van der Waals surface area contributed by atoms with E-state index in [1.165, 1.54) is 0 Å². The van der Waals surface area contributed by atoms with E-state index in [-0.39, 0.29) is 23.6 Å². The second kappa shape index (κ2) is 5.72. The first-order valence-corrected chi connectivity index (χ1v) is 5.86. The van der Waals surface area contributed by atoms with Gasteiger partial charge in [-0.2, -0.15) is 0 Å². The minimum Gasteiger partial charge on any atom is -0.409 e. The van der Waals surface area contributed by atoms with Gasteiger partial charge in [0, 0.05) is 24.9 Å². The van der Waals surface area contributed by atoms with Gasteiger partial charge in [-0.3, -0.25) is 4.79 Å². The van der Waals surface area contributed by atoms with Crippen LogP contribution >= 0.6 is 0 Å². The summed E-state index contributed by atoms with van der Waals surface area (Å²) in [6, 6.07) is 0. The smallest absolute Gasteiger partial charge is 0.225 e. The third-order valence-electron chi connectivity index (χ3n) is 3.26. The highest BCUT2D eigenvalue weighted by Crippen LogP contribution is 2.28. The first-order valence-electron chi connectivity index (χ1n) is 5.86. The third kappa shape index (κ3) is 2.87. The lowest BCUT2D eigenvalue weighted by atomic mass is 9.84. The molecule has 1 aliphatic rings. The van der Waals surface area contributed by atoms with Gasteiger partial charge in [-0.15, -0.1) is 0 Å². The Bertz CT molecular complexity index is 274. The number of carbonyl (C=O) groups is 1. The van der Waals surface area contributed by atoms with Crippen molar-refractivity contribution < 1.29 is 10.0 Å². The number of rotatable bonds is 5. The van der Waals surface area contributed by atoms with Crippen LogP contribution in [0.3, 0.4) is 0 Å². The Labute approximate surface area is 96.3 Å². The Balaban J connectivity index is 2.50. The maximum absolute atomic E-state index is 12.0. The molecule has 1 saturated carbocycles. The second-order valence-electron chi connectivity index (χ2n) is 4.43. The number of amidine groups is 1. The third-order valence-corrected chi connectivity index (χ3v) is 3.26. The van der Waals surface area contributed by atoms with Crippen LogP contribution in [0, 0.1) is 11.8 Å². The predicted molar refractivity (Wildman–Crippen MR) is 62.2 cm³/mol. The molecule has 0 aromatic rings. The fourth-order valence-corrected chi connectivity index (χ4v) is 1.81. The van der Waals surface area contributed by atoms with Crippen LogP contribution in [0.1, 0.15) is 33.1 Å². The summed E-state index contributed by atoms with van der Waals surface area (Å²) in [5, 5.41) is 11.5. The quantitative estimate of drug-likeness (QED) is 0.318. The molecule has 1 fully saturated rings. The molecule has 5 heteroatoms. The van der Waals surface area contributed by atoms with Gasteiger partial charge < -0.3 is 15.8 Å². The summed E-state index contributed by atoms with van der Waals surface area (Å²) >= 11 is 0. The summed E-state index contributed by atoms with van der Waals surface area (Å²) < 4.78 is 0. The Morgan fingerprint density at radius 3 is 2.62 bits per heavy atom. The highest BCUT2D eigenvalue weighted by atomic mass is 16.4. The summed E-state index contributed by atoms with van der Waals surface area (Å²) in [4.78, 5) is 13.8. The SMILES string of the molecule is CCN(CC(C)C(N)=NO)C(=O)C1CCC1. The first kappa shape index (κ1) is 12.8. The Morgan fingerprint density at radius 2 is 2.25 bits per heavy atom. The van der Waals surface area contributed by atoms with Crippen LogP contribution in [0.5, 0.6) is 0 Å². The standard InChI is InChI=1S/C11H21N3O2/c1-3-14(7-8(2)10(12)13-16)11(15)9-5-4-6-9/h8-9,16H,3-7H2,1-2H3,(H2,12,13). The van der Waals surface area contributed by atoms with Gasteiger partial charge in [-0.1, -0.05) is 18.5 Å². The van der Waals surface area contributed by atoms with Crippen molar-refractivity contribution in [3.63, 3.8) is 0 Å². The van der Waals surface area contributed by atoms with Crippen molar-refractivity contribution >= 4 is 11.7 Å². The molecule has 16 heavy (non-hydrogen) atoms. The number of hydrogen-bond acceptors (Lipinski definition) is 3. The zero-order valence-corrected chi connectivity index (χ0v) is 10.0. The number of carbonyl (C=O) groups excluding carboxylic acids is 1. The van der Waals surface area contributed by atoms with Crippen molar-refractivity contribution in [3.05, 3.63) is 0 Å². The van der Waals surface area contributed by atoms with Gasteiger partial charge in [0.2, 0.25) is 5.91 Å². The molecule has 0 spiro atoms. The molecular weight excluding hydrogens is 206 g/mol. The van der Waals surface area contributed by atoms with Crippen molar-refractivity contribution in [2.75, 3.05) is 13.1 Å². The van der Waals surface area contributed by atoms with Gasteiger partial charge in [0.1, 0.15) is 5.84 Å². The normalized spacial score (nSPS) is 19.0. The zero-order chi connectivity index (χ0) is 12.1. The Kier molecular flexibility index (Phi) is 4.58. The maximum atomic E-state index is 12.0. The van der Waals surface area contributed by atoms with E-state index in [0.717, 1.165) is 19.3 Å². The summed E-state index contributed by atoms with van der Waals surface area (Å²) in [5.74, 6) is 0.500. The Hall–Kier alpha value is -1.26. The summed E-state index contributed by atoms with van der Waals surface area (Å²) in [6.45, 7) is 5.02. The van der Waals surface area contributed by atoms with Crippen LogP contribution in [-0.2, 0) is 4.79 Å². The van der Waals surface area contributed by atoms with E-state index in [9.17, 15) is 4.79 Å². The van der Waals surface area contributed by atoms with Crippen molar-refractivity contribution in [1.29, 1.82) is 0 Å². The lowest BCUT2D eigenvalue weighted by Crippen LogP contribution is -2.43. The van der Waals surface area contributed by atoms with E-state index in [4.69, 9.17) is 10.9 Å².